The minimum absolute atomic E-state index is 0.0687. The zero-order valence-electron chi connectivity index (χ0n) is 19.0. The summed E-state index contributed by atoms with van der Waals surface area (Å²) in [5.41, 5.74) is -0.585. The molecule has 1 amide bonds. The minimum Gasteiger partial charge on any atom is -0.491 e. The number of amides is 1. The van der Waals surface area contributed by atoms with Gasteiger partial charge in [-0.05, 0) is 26.8 Å². The first-order valence-corrected chi connectivity index (χ1v) is 10.4. The Morgan fingerprint density at radius 2 is 1.44 bits per heavy atom. The van der Waals surface area contributed by atoms with Gasteiger partial charge in [-0.15, -0.1) is 0 Å². The van der Waals surface area contributed by atoms with E-state index in [0.717, 1.165) is 0 Å². The van der Waals surface area contributed by atoms with Gasteiger partial charge in [-0.1, -0.05) is 0 Å². The quantitative estimate of drug-likeness (QED) is 0.332. The van der Waals surface area contributed by atoms with Gasteiger partial charge in [0, 0.05) is 18.8 Å². The van der Waals surface area contributed by atoms with E-state index in [1.807, 2.05) is 0 Å². The summed E-state index contributed by atoms with van der Waals surface area (Å²) in [6.07, 6.45) is 0.917. The Bertz CT molecular complexity index is 665. The van der Waals surface area contributed by atoms with Gasteiger partial charge in [-0.2, -0.15) is 0 Å². The van der Waals surface area contributed by atoms with Crippen molar-refractivity contribution < 1.29 is 43.1 Å². The highest BCUT2D eigenvalue weighted by molar-refractivity contribution is 5.85. The molecule has 0 spiro atoms. The van der Waals surface area contributed by atoms with E-state index in [1.165, 1.54) is 12.3 Å². The molecule has 0 fully saturated rings. The normalized spacial score (nSPS) is 11.2. The number of aromatic nitrogens is 1. The Labute approximate surface area is 188 Å². The lowest BCUT2D eigenvalue weighted by molar-refractivity contribution is -0.00456. The standard InChI is InChI=1S/C21H34N2O9/c1-21(2,3)32-20(26)23-6-7-27-8-9-28-10-11-29-12-13-30-14-15-31-17-4-5-22-18(16-17)19(24)25/h4-5,16H,6-15H2,1-3H3,(H,23,26)(H,24,25). The van der Waals surface area contributed by atoms with Gasteiger partial charge < -0.3 is 38.8 Å². The number of carbonyl (C=O) groups is 2. The van der Waals surface area contributed by atoms with Crippen LogP contribution in [0.4, 0.5) is 4.79 Å². The molecule has 182 valence electrons. The molecule has 0 aliphatic rings. The smallest absolute Gasteiger partial charge is 0.407 e. The fourth-order valence-corrected chi connectivity index (χ4v) is 2.14. The van der Waals surface area contributed by atoms with Gasteiger partial charge in [-0.3, -0.25) is 0 Å². The minimum atomic E-state index is -1.10. The predicted octanol–water partition coefficient (Wildman–Crippen LogP) is 1.75. The lowest BCUT2D eigenvalue weighted by Crippen LogP contribution is -2.34. The Hall–Kier alpha value is -2.47. The third kappa shape index (κ3) is 15.3. The second-order valence-electron chi connectivity index (χ2n) is 7.41. The van der Waals surface area contributed by atoms with Crippen LogP contribution >= 0.6 is 0 Å². The Balaban J connectivity index is 1.82. The average Bonchev–Trinajstić information content (AvgIpc) is 2.72. The number of carboxylic acid groups (broad SMARTS) is 1. The molecule has 0 aliphatic heterocycles. The van der Waals surface area contributed by atoms with Crippen LogP contribution in [0.5, 0.6) is 5.75 Å². The summed E-state index contributed by atoms with van der Waals surface area (Å²) >= 11 is 0. The maximum absolute atomic E-state index is 11.4. The molecular weight excluding hydrogens is 424 g/mol. The molecule has 0 saturated carbocycles. The number of alkyl carbamates (subject to hydrolysis) is 1. The zero-order chi connectivity index (χ0) is 23.7. The number of carbonyl (C=O) groups excluding carboxylic acids is 1. The molecule has 1 aromatic heterocycles. The van der Waals surface area contributed by atoms with Crippen molar-refractivity contribution >= 4 is 12.1 Å². The first kappa shape index (κ1) is 27.6. The SMILES string of the molecule is CC(C)(C)OC(=O)NCCOCCOCCOCCOCCOc1ccnc(C(=O)O)c1. The molecule has 0 radical (unpaired) electrons. The highest BCUT2D eigenvalue weighted by Gasteiger charge is 2.15. The number of hydrogen-bond acceptors (Lipinski definition) is 9. The van der Waals surface area contributed by atoms with Crippen molar-refractivity contribution in [3.8, 4) is 5.75 Å². The van der Waals surface area contributed by atoms with Crippen LogP contribution in [0.25, 0.3) is 0 Å². The summed E-state index contributed by atoms with van der Waals surface area (Å²) in [6, 6.07) is 2.94. The number of hydrogen-bond donors (Lipinski definition) is 2. The van der Waals surface area contributed by atoms with Crippen LogP contribution in [0.3, 0.4) is 0 Å². The van der Waals surface area contributed by atoms with E-state index in [1.54, 1.807) is 26.8 Å². The second kappa shape index (κ2) is 16.2. The Morgan fingerprint density at radius 3 is 1.97 bits per heavy atom. The van der Waals surface area contributed by atoms with Gasteiger partial charge in [-0.25, -0.2) is 14.6 Å². The van der Waals surface area contributed by atoms with E-state index in [0.29, 0.717) is 71.8 Å². The van der Waals surface area contributed by atoms with Gasteiger partial charge in [0.15, 0.2) is 5.69 Å². The van der Waals surface area contributed by atoms with E-state index < -0.39 is 17.7 Å². The molecule has 0 atom stereocenters. The largest absolute Gasteiger partial charge is 0.491 e. The topological polar surface area (TPSA) is 135 Å². The molecule has 11 heteroatoms. The molecule has 1 rings (SSSR count). The van der Waals surface area contributed by atoms with Crippen molar-refractivity contribution in [2.45, 2.75) is 26.4 Å². The van der Waals surface area contributed by atoms with Crippen molar-refractivity contribution in [1.82, 2.24) is 10.3 Å². The van der Waals surface area contributed by atoms with Crippen molar-refractivity contribution in [2.75, 3.05) is 66.0 Å². The summed E-state index contributed by atoms with van der Waals surface area (Å²) in [7, 11) is 0. The van der Waals surface area contributed by atoms with Crippen LogP contribution < -0.4 is 10.1 Å². The monoisotopic (exact) mass is 458 g/mol. The zero-order valence-corrected chi connectivity index (χ0v) is 19.0. The molecule has 1 aromatic rings. The van der Waals surface area contributed by atoms with Crippen LogP contribution in [0, 0.1) is 0 Å². The molecule has 0 aliphatic carbocycles. The predicted molar refractivity (Wildman–Crippen MR) is 114 cm³/mol. The second-order valence-corrected chi connectivity index (χ2v) is 7.41. The highest BCUT2D eigenvalue weighted by Crippen LogP contribution is 2.10. The van der Waals surface area contributed by atoms with Gasteiger partial charge >= 0.3 is 12.1 Å². The molecule has 0 unspecified atom stereocenters. The molecule has 32 heavy (non-hydrogen) atoms. The summed E-state index contributed by atoms with van der Waals surface area (Å²) in [5.74, 6) is -0.675. The maximum Gasteiger partial charge on any atom is 0.407 e. The van der Waals surface area contributed by atoms with E-state index in [-0.39, 0.29) is 5.69 Å². The van der Waals surface area contributed by atoms with Crippen LogP contribution in [0.1, 0.15) is 31.3 Å². The average molecular weight is 459 g/mol. The van der Waals surface area contributed by atoms with E-state index in [2.05, 4.69) is 10.3 Å². The van der Waals surface area contributed by atoms with Crippen molar-refractivity contribution in [2.24, 2.45) is 0 Å². The molecule has 2 N–H and O–H groups in total. The lowest BCUT2D eigenvalue weighted by atomic mass is 10.2. The summed E-state index contributed by atoms with van der Waals surface area (Å²) < 4.78 is 32.0. The molecular formula is C21H34N2O9. The van der Waals surface area contributed by atoms with Crippen molar-refractivity contribution in [3.05, 3.63) is 24.0 Å². The number of nitrogens with one attached hydrogen (secondary N) is 1. The van der Waals surface area contributed by atoms with E-state index >= 15 is 0 Å². The van der Waals surface area contributed by atoms with Gasteiger partial charge in [0.1, 0.15) is 18.0 Å². The van der Waals surface area contributed by atoms with E-state index in [4.69, 9.17) is 33.5 Å². The van der Waals surface area contributed by atoms with Crippen molar-refractivity contribution in [3.63, 3.8) is 0 Å². The Morgan fingerprint density at radius 1 is 0.906 bits per heavy atom. The van der Waals surface area contributed by atoms with Crippen LogP contribution in [-0.4, -0.2) is 93.8 Å². The Kier molecular flexibility index (Phi) is 14.0. The number of aromatic carboxylic acids is 1. The van der Waals surface area contributed by atoms with Crippen molar-refractivity contribution in [1.29, 1.82) is 0 Å². The van der Waals surface area contributed by atoms with Gasteiger partial charge in [0.05, 0.1) is 52.9 Å². The number of pyridine rings is 1. The summed E-state index contributed by atoms with van der Waals surface area (Å²) in [6.45, 7) is 9.37. The maximum atomic E-state index is 11.4. The van der Waals surface area contributed by atoms with E-state index in [9.17, 15) is 9.59 Å². The van der Waals surface area contributed by atoms with Crippen LogP contribution in [0.2, 0.25) is 0 Å². The summed E-state index contributed by atoms with van der Waals surface area (Å²) in [4.78, 5) is 26.0. The third-order valence-electron chi connectivity index (χ3n) is 3.48. The summed E-state index contributed by atoms with van der Waals surface area (Å²) in [5, 5.41) is 11.5. The molecule has 0 aromatic carbocycles. The fourth-order valence-electron chi connectivity index (χ4n) is 2.14. The number of nitrogens with zero attached hydrogens (tertiary/aromatic N) is 1. The first-order valence-electron chi connectivity index (χ1n) is 10.4. The van der Waals surface area contributed by atoms with Crippen LogP contribution in [0.15, 0.2) is 18.3 Å². The number of rotatable bonds is 17. The van der Waals surface area contributed by atoms with Gasteiger partial charge in [0.2, 0.25) is 0 Å². The number of ether oxygens (including phenoxy) is 6. The third-order valence-corrected chi connectivity index (χ3v) is 3.48. The number of carboxylic acids is 1. The highest BCUT2D eigenvalue weighted by atomic mass is 16.6. The first-order chi connectivity index (χ1) is 15.3. The molecule has 0 bridgehead atoms. The fraction of sp³-hybridized carbons (Fsp3) is 0.667. The van der Waals surface area contributed by atoms with Gasteiger partial charge in [0.25, 0.3) is 0 Å². The van der Waals surface area contributed by atoms with Crippen LogP contribution in [-0.2, 0) is 23.7 Å². The lowest BCUT2D eigenvalue weighted by Gasteiger charge is -2.19. The molecule has 11 nitrogen and oxygen atoms in total. The molecule has 1 heterocycles. The molecule has 0 saturated heterocycles.